The van der Waals surface area contributed by atoms with Crippen LogP contribution >= 0.6 is 166 Å². The number of hydrogen-bond donors (Lipinski definition) is 0. The molecule has 27 unspecified atom stereocenters. The van der Waals surface area contributed by atoms with Crippen molar-refractivity contribution in [2.24, 2.45) is 29.6 Å². The summed E-state index contributed by atoms with van der Waals surface area (Å²) in [6, 6.07) is 0. The molecule has 0 amide bonds. The predicted molar refractivity (Wildman–Crippen MR) is 268 cm³/mol. The third-order valence-electron chi connectivity index (χ3n) is 10.5. The largest absolute Gasteiger partial charge is 0.114 e. The van der Waals surface area contributed by atoms with Crippen LogP contribution in [0.15, 0.2) is 0 Å². The van der Waals surface area contributed by atoms with Gasteiger partial charge < -0.3 is 0 Å². The Hall–Kier alpha value is 8.60. The zero-order valence-electron chi connectivity index (χ0n) is 26.1. The van der Waals surface area contributed by atoms with Crippen LogP contribution < -0.4 is 0 Å². The summed E-state index contributed by atoms with van der Waals surface area (Å²) in [5.74, 6) is 4.80. The molecule has 4 aliphatic rings. The molecule has 4 aliphatic carbocycles. The van der Waals surface area contributed by atoms with E-state index in [0.29, 0.717) is 10.3 Å². The Balaban J connectivity index is 0.00000148. The van der Waals surface area contributed by atoms with Gasteiger partial charge >= 0.3 is 0 Å². The quantitative estimate of drug-likeness (QED) is 0.202. The lowest BCUT2D eigenvalue weighted by Gasteiger charge is -2.68. The van der Waals surface area contributed by atoms with E-state index in [4.69, 9.17) is 0 Å². The molecule has 0 spiro atoms. The first-order valence-electron chi connectivity index (χ1n) is 15.1. The number of fused-ring (bicyclic) bond motifs is 5. The molecule has 0 aromatic carbocycles. The van der Waals surface area contributed by atoms with Crippen molar-refractivity contribution in [3.63, 3.8) is 0 Å². The fourth-order valence-corrected chi connectivity index (χ4v) is 58.6. The van der Waals surface area contributed by atoms with E-state index >= 15 is 0 Å². The molecule has 0 radical (unpaired) electrons. The maximum absolute atomic E-state index is 3.48. The molecular formula is C22H62P20. The molecule has 0 aliphatic heterocycles. The fourth-order valence-electron chi connectivity index (χ4n) is 9.13. The normalized spacial score (nSPS) is 42.4. The van der Waals surface area contributed by atoms with Crippen LogP contribution in [-0.2, 0) is 0 Å². The zero-order valence-corrected chi connectivity index (χ0v) is 47.2. The zero-order chi connectivity index (χ0) is 32.2. The van der Waals surface area contributed by atoms with Gasteiger partial charge in [-0.1, -0.05) is 80.7 Å². The van der Waals surface area contributed by atoms with E-state index in [2.05, 4.69) is 105 Å². The summed E-state index contributed by atoms with van der Waals surface area (Å²) in [6.45, 7) is 10.7. The van der Waals surface area contributed by atoms with Crippen molar-refractivity contribution >= 4 is 166 Å². The highest BCUT2D eigenvalue weighted by molar-refractivity contribution is 8.87. The second kappa shape index (κ2) is 22.2. The Kier molecular flexibility index (Phi) is 24.7. The summed E-state index contributed by atoms with van der Waals surface area (Å²) in [5, 5.41) is 1.18. The van der Waals surface area contributed by atoms with Crippen LogP contribution in [0, 0.1) is 29.6 Å². The average Bonchev–Trinajstić information content (AvgIpc) is 3.40. The van der Waals surface area contributed by atoms with Gasteiger partial charge in [0.25, 0.3) is 0 Å². The van der Waals surface area contributed by atoms with Gasteiger partial charge in [-0.3, -0.25) is 0 Å². The van der Waals surface area contributed by atoms with Gasteiger partial charge in [0.1, 0.15) is 0 Å². The topological polar surface area (TPSA) is 0 Å². The second-order valence-electron chi connectivity index (χ2n) is 11.6. The summed E-state index contributed by atoms with van der Waals surface area (Å²) >= 11 is 0. The monoisotopic (exact) mass is 946 g/mol. The molecule has 0 N–H and O–H groups in total. The maximum Gasteiger partial charge on any atom is 0.00780 e. The van der Waals surface area contributed by atoms with Crippen molar-refractivity contribution in [3.8, 4) is 0 Å². The standard InChI is InChI=1S/C18H50P20.2C2H6/c1-9-4-6-17(30-19)11-5-7-18(36(24)25)12(2-3-14(18)34(23)37(26)27)10(11)8-13(33(22)31-20)15(17)16(9)35(32-21)38(28)29;2*1-2/h9-16,30-32H,2-8,19-29H2,1H3;2*1-2H3. The molecule has 0 aromatic heterocycles. The van der Waals surface area contributed by atoms with Crippen LogP contribution in [0.2, 0.25) is 0 Å². The van der Waals surface area contributed by atoms with Gasteiger partial charge in [-0.2, -0.15) is 0 Å². The van der Waals surface area contributed by atoms with E-state index in [1.54, 1.807) is 6.42 Å². The molecule has 0 aromatic rings. The molecular weight excluding hydrogens is 884 g/mol. The molecule has 0 bridgehead atoms. The van der Waals surface area contributed by atoms with Gasteiger partial charge in [0, 0.05) is 5.16 Å². The molecule has 42 heavy (non-hydrogen) atoms. The Bertz CT molecular complexity index is 804. The van der Waals surface area contributed by atoms with Crippen LogP contribution in [0.5, 0.6) is 0 Å². The third-order valence-corrected chi connectivity index (χ3v) is 69.6. The van der Waals surface area contributed by atoms with Gasteiger partial charge in [-0.25, -0.2) is 0 Å². The smallest absolute Gasteiger partial charge is 0.00780 e. The first-order chi connectivity index (χ1) is 19.9. The molecule has 20 heteroatoms. The van der Waals surface area contributed by atoms with E-state index in [1.807, 2.05) is 27.7 Å². The van der Waals surface area contributed by atoms with Crippen LogP contribution in [-0.4, -0.2) is 27.3 Å². The molecule has 4 fully saturated rings. The average molecular weight is 946 g/mol. The predicted octanol–water partition coefficient (Wildman–Crippen LogP) is 15.8. The molecule has 0 heterocycles. The Labute approximate surface area is 299 Å². The number of hydrogen-bond acceptors (Lipinski definition) is 0. The van der Waals surface area contributed by atoms with Crippen molar-refractivity contribution in [1.82, 2.24) is 0 Å². The van der Waals surface area contributed by atoms with E-state index in [-0.39, 0.29) is 43.2 Å². The minimum atomic E-state index is -0.0981. The van der Waals surface area contributed by atoms with Crippen molar-refractivity contribution in [2.75, 3.05) is 0 Å². The Morgan fingerprint density at radius 1 is 0.714 bits per heavy atom. The van der Waals surface area contributed by atoms with Crippen molar-refractivity contribution in [1.29, 1.82) is 0 Å². The SMILES string of the molecule is CC.CC.CC1CCC2(PP)C3CCC4(P(P)P)C(CCC4P(P)P(P)P)C3CC(P(P)PP)C2C1P(PP)P(P)P. The van der Waals surface area contributed by atoms with Crippen LogP contribution in [0.3, 0.4) is 0 Å². The minimum absolute atomic E-state index is 0.00248. The highest BCUT2D eigenvalue weighted by atomic mass is 32.9. The lowest BCUT2D eigenvalue weighted by molar-refractivity contribution is 0.00645. The van der Waals surface area contributed by atoms with Crippen molar-refractivity contribution < 1.29 is 0 Å². The molecule has 4 rings (SSSR count). The molecule has 0 saturated heterocycles. The first kappa shape index (κ1) is 46.8. The van der Waals surface area contributed by atoms with Gasteiger partial charge in [0.15, 0.2) is 0 Å². The lowest BCUT2D eigenvalue weighted by atomic mass is 9.52. The Morgan fingerprint density at radius 3 is 1.81 bits per heavy atom. The first-order valence-corrected chi connectivity index (χ1v) is 47.8. The highest BCUT2D eigenvalue weighted by Crippen LogP contribution is 2.95. The summed E-state index contributed by atoms with van der Waals surface area (Å²) in [6.07, 6.45) is 10.6. The van der Waals surface area contributed by atoms with Gasteiger partial charge in [0.05, 0.1) is 0 Å². The van der Waals surface area contributed by atoms with E-state index < -0.39 is 0 Å². The molecule has 27 atom stereocenters. The van der Waals surface area contributed by atoms with Gasteiger partial charge in [-0.15, -0.1) is 98.2 Å². The Morgan fingerprint density at radius 2 is 1.33 bits per heavy atom. The van der Waals surface area contributed by atoms with E-state index in [1.165, 1.54) is 38.5 Å². The lowest BCUT2D eigenvalue weighted by Crippen LogP contribution is -2.64. The van der Waals surface area contributed by atoms with Gasteiger partial charge in [-0.05, 0) is 118 Å². The fraction of sp³-hybridized carbons (Fsp3) is 1.00. The third kappa shape index (κ3) is 9.69. The molecule has 0 nitrogen and oxygen atoms in total. The summed E-state index contributed by atoms with van der Waals surface area (Å²) in [7, 11) is 39.8. The van der Waals surface area contributed by atoms with E-state index in [9.17, 15) is 0 Å². The summed E-state index contributed by atoms with van der Waals surface area (Å²) in [5.41, 5.74) is 2.88. The van der Waals surface area contributed by atoms with Crippen molar-refractivity contribution in [3.05, 3.63) is 0 Å². The van der Waals surface area contributed by atoms with Crippen LogP contribution in [0.25, 0.3) is 0 Å². The van der Waals surface area contributed by atoms with Crippen LogP contribution in [0.1, 0.15) is 79.6 Å². The van der Waals surface area contributed by atoms with Crippen LogP contribution in [0.4, 0.5) is 0 Å². The highest BCUT2D eigenvalue weighted by Gasteiger charge is 2.67. The molecule has 250 valence electrons. The number of rotatable bonds is 9. The summed E-state index contributed by atoms with van der Waals surface area (Å²) in [4.78, 5) is 0. The maximum atomic E-state index is 3.48. The summed E-state index contributed by atoms with van der Waals surface area (Å²) < 4.78 is 0. The van der Waals surface area contributed by atoms with Gasteiger partial charge in [0.2, 0.25) is 0 Å². The van der Waals surface area contributed by atoms with E-state index in [0.717, 1.165) is 70.8 Å². The second-order valence-corrected chi connectivity index (χ2v) is 64.1. The van der Waals surface area contributed by atoms with Crippen molar-refractivity contribution in [2.45, 2.75) is 107 Å². The molecule has 4 saturated carbocycles. The minimum Gasteiger partial charge on any atom is -0.114 e.